The first kappa shape index (κ1) is 25.4. The number of benzene rings is 2. The summed E-state index contributed by atoms with van der Waals surface area (Å²) in [6, 6.07) is 17.3. The standard InChI is InChI=1S/C27H30N4O4S/c1-27(2,3)19-10-8-18(9-11-19)25-29-30-26(31(25)16-21-7-6-14-35-21)36-17-24(32)28-22-13-12-20(33-4)15-23(22)34-5/h6-15H,16-17H2,1-5H3,(H,28,32). The minimum atomic E-state index is -0.188. The van der Waals surface area contributed by atoms with Crippen molar-refractivity contribution in [2.45, 2.75) is 37.9 Å². The third kappa shape index (κ3) is 5.91. The summed E-state index contributed by atoms with van der Waals surface area (Å²) in [5.74, 6) is 2.62. The van der Waals surface area contributed by atoms with Gasteiger partial charge < -0.3 is 19.2 Å². The number of furan rings is 1. The van der Waals surface area contributed by atoms with Gasteiger partial charge in [0.1, 0.15) is 17.3 Å². The van der Waals surface area contributed by atoms with Crippen molar-refractivity contribution in [1.82, 2.24) is 14.8 Å². The summed E-state index contributed by atoms with van der Waals surface area (Å²) in [6.45, 7) is 7.00. The molecule has 188 valence electrons. The molecule has 0 unspecified atom stereocenters. The van der Waals surface area contributed by atoms with Crippen LogP contribution in [0.1, 0.15) is 32.1 Å². The SMILES string of the molecule is COc1ccc(NC(=O)CSc2nnc(-c3ccc(C(C)(C)C)cc3)n2Cc2ccco2)c(OC)c1. The largest absolute Gasteiger partial charge is 0.497 e. The second kappa shape index (κ2) is 10.9. The van der Waals surface area contributed by atoms with Gasteiger partial charge in [-0.05, 0) is 35.2 Å². The van der Waals surface area contributed by atoms with E-state index >= 15 is 0 Å². The topological polar surface area (TPSA) is 91.4 Å². The van der Waals surface area contributed by atoms with Crippen LogP contribution in [0.3, 0.4) is 0 Å². The number of carbonyl (C=O) groups is 1. The Balaban J connectivity index is 1.53. The number of hydrogen-bond acceptors (Lipinski definition) is 7. The van der Waals surface area contributed by atoms with Crippen LogP contribution in [0.2, 0.25) is 0 Å². The van der Waals surface area contributed by atoms with E-state index in [9.17, 15) is 4.79 Å². The molecule has 8 nitrogen and oxygen atoms in total. The highest BCUT2D eigenvalue weighted by Crippen LogP contribution is 2.31. The minimum absolute atomic E-state index is 0.0569. The third-order valence-corrected chi connectivity index (χ3v) is 6.60. The maximum absolute atomic E-state index is 12.8. The van der Waals surface area contributed by atoms with Crippen molar-refractivity contribution < 1.29 is 18.7 Å². The number of anilines is 1. The van der Waals surface area contributed by atoms with Gasteiger partial charge >= 0.3 is 0 Å². The molecule has 0 spiro atoms. The Bertz CT molecular complexity index is 1310. The van der Waals surface area contributed by atoms with Crippen molar-refractivity contribution in [3.8, 4) is 22.9 Å². The molecule has 2 aromatic carbocycles. The molecule has 0 aliphatic heterocycles. The molecule has 4 rings (SSSR count). The quantitative estimate of drug-likeness (QED) is 0.294. The molecule has 0 saturated carbocycles. The van der Waals surface area contributed by atoms with E-state index in [0.717, 1.165) is 11.3 Å². The second-order valence-corrected chi connectivity index (χ2v) is 10.1. The molecule has 0 radical (unpaired) electrons. The van der Waals surface area contributed by atoms with Crippen molar-refractivity contribution in [2.75, 3.05) is 25.3 Å². The number of ether oxygens (including phenoxy) is 2. The summed E-state index contributed by atoms with van der Waals surface area (Å²) in [7, 11) is 3.13. The van der Waals surface area contributed by atoms with E-state index in [-0.39, 0.29) is 17.1 Å². The molecule has 4 aromatic rings. The van der Waals surface area contributed by atoms with Crippen molar-refractivity contribution in [1.29, 1.82) is 0 Å². The molecular weight excluding hydrogens is 476 g/mol. The summed E-state index contributed by atoms with van der Waals surface area (Å²) in [5, 5.41) is 12.4. The van der Waals surface area contributed by atoms with Gasteiger partial charge in [0.25, 0.3) is 0 Å². The van der Waals surface area contributed by atoms with Crippen molar-refractivity contribution in [2.24, 2.45) is 0 Å². The van der Waals surface area contributed by atoms with E-state index < -0.39 is 0 Å². The van der Waals surface area contributed by atoms with Crippen LogP contribution in [0.5, 0.6) is 11.5 Å². The fourth-order valence-electron chi connectivity index (χ4n) is 3.65. The Morgan fingerprint density at radius 2 is 1.83 bits per heavy atom. The van der Waals surface area contributed by atoms with Gasteiger partial charge in [0.15, 0.2) is 11.0 Å². The third-order valence-electron chi connectivity index (χ3n) is 5.64. The normalized spacial score (nSPS) is 11.4. The lowest BCUT2D eigenvalue weighted by Gasteiger charge is -2.19. The number of hydrogen-bond donors (Lipinski definition) is 1. The molecule has 0 aliphatic carbocycles. The van der Waals surface area contributed by atoms with Crippen LogP contribution in [0.4, 0.5) is 5.69 Å². The van der Waals surface area contributed by atoms with Crippen LogP contribution in [-0.4, -0.2) is 40.6 Å². The summed E-state index contributed by atoms with van der Waals surface area (Å²) >= 11 is 1.31. The molecule has 0 saturated heterocycles. The smallest absolute Gasteiger partial charge is 0.234 e. The first-order valence-electron chi connectivity index (χ1n) is 11.5. The van der Waals surface area contributed by atoms with Crippen LogP contribution < -0.4 is 14.8 Å². The highest BCUT2D eigenvalue weighted by atomic mass is 32.2. The molecule has 2 heterocycles. The number of aromatic nitrogens is 3. The Morgan fingerprint density at radius 3 is 2.47 bits per heavy atom. The number of carbonyl (C=O) groups excluding carboxylic acids is 1. The molecule has 0 fully saturated rings. The van der Waals surface area contributed by atoms with Crippen LogP contribution >= 0.6 is 11.8 Å². The lowest BCUT2D eigenvalue weighted by Crippen LogP contribution is -2.15. The number of rotatable bonds is 9. The van der Waals surface area contributed by atoms with Crippen molar-refractivity contribution in [3.05, 3.63) is 72.2 Å². The van der Waals surface area contributed by atoms with Gasteiger partial charge in [-0.2, -0.15) is 0 Å². The Hall–Kier alpha value is -3.72. The van der Waals surface area contributed by atoms with E-state index in [1.165, 1.54) is 17.3 Å². The first-order chi connectivity index (χ1) is 17.3. The van der Waals surface area contributed by atoms with Gasteiger partial charge in [-0.15, -0.1) is 10.2 Å². The van der Waals surface area contributed by atoms with E-state index in [1.54, 1.807) is 38.7 Å². The summed E-state index contributed by atoms with van der Waals surface area (Å²) in [6.07, 6.45) is 1.64. The zero-order valence-electron chi connectivity index (χ0n) is 21.1. The molecule has 0 aliphatic rings. The lowest BCUT2D eigenvalue weighted by molar-refractivity contribution is -0.113. The predicted molar refractivity (Wildman–Crippen MR) is 141 cm³/mol. The van der Waals surface area contributed by atoms with Crippen molar-refractivity contribution in [3.63, 3.8) is 0 Å². The summed E-state index contributed by atoms with van der Waals surface area (Å²) in [4.78, 5) is 12.8. The average molecular weight is 507 g/mol. The highest BCUT2D eigenvalue weighted by Gasteiger charge is 2.19. The summed E-state index contributed by atoms with van der Waals surface area (Å²) < 4.78 is 18.1. The maximum atomic E-state index is 12.8. The van der Waals surface area contributed by atoms with Gasteiger partial charge in [0.2, 0.25) is 5.91 Å². The monoisotopic (exact) mass is 506 g/mol. The summed E-state index contributed by atoms with van der Waals surface area (Å²) in [5.41, 5.74) is 2.81. The molecule has 0 bridgehead atoms. The molecular formula is C27H30N4O4S. The van der Waals surface area contributed by atoms with Crippen LogP contribution in [0.15, 0.2) is 70.4 Å². The fraction of sp³-hybridized carbons (Fsp3) is 0.296. The zero-order chi connectivity index (χ0) is 25.7. The van der Waals surface area contributed by atoms with Crippen LogP contribution in [0, 0.1) is 0 Å². The maximum Gasteiger partial charge on any atom is 0.234 e. The molecule has 9 heteroatoms. The predicted octanol–water partition coefficient (Wildman–Crippen LogP) is 5.63. The van der Waals surface area contributed by atoms with Crippen LogP contribution in [0.25, 0.3) is 11.4 Å². The number of thioether (sulfide) groups is 1. The molecule has 36 heavy (non-hydrogen) atoms. The highest BCUT2D eigenvalue weighted by molar-refractivity contribution is 7.99. The average Bonchev–Trinajstić information content (AvgIpc) is 3.53. The van der Waals surface area contributed by atoms with Gasteiger partial charge in [-0.1, -0.05) is 56.8 Å². The number of amides is 1. The van der Waals surface area contributed by atoms with Gasteiger partial charge in [0.05, 0.1) is 38.5 Å². The minimum Gasteiger partial charge on any atom is -0.497 e. The van der Waals surface area contributed by atoms with Crippen molar-refractivity contribution >= 4 is 23.4 Å². The Morgan fingerprint density at radius 1 is 1.06 bits per heavy atom. The molecule has 0 atom stereocenters. The van der Waals surface area contributed by atoms with E-state index in [2.05, 4.69) is 60.6 Å². The molecule has 2 aromatic heterocycles. The number of methoxy groups -OCH3 is 2. The lowest BCUT2D eigenvalue weighted by atomic mass is 9.87. The van der Waals surface area contributed by atoms with Gasteiger partial charge in [-0.25, -0.2) is 0 Å². The molecule has 1 N–H and O–H groups in total. The zero-order valence-corrected chi connectivity index (χ0v) is 21.9. The first-order valence-corrected chi connectivity index (χ1v) is 12.5. The molecule has 1 amide bonds. The second-order valence-electron chi connectivity index (χ2n) is 9.20. The van der Waals surface area contributed by atoms with E-state index in [4.69, 9.17) is 13.9 Å². The number of nitrogens with zero attached hydrogens (tertiary/aromatic N) is 3. The van der Waals surface area contributed by atoms with E-state index in [0.29, 0.717) is 34.7 Å². The fourth-order valence-corrected chi connectivity index (χ4v) is 4.39. The van der Waals surface area contributed by atoms with Gasteiger partial charge in [-0.3, -0.25) is 9.36 Å². The van der Waals surface area contributed by atoms with E-state index in [1.807, 2.05) is 16.7 Å². The Labute approximate surface area is 215 Å². The number of nitrogens with one attached hydrogen (secondary N) is 1. The van der Waals surface area contributed by atoms with Gasteiger partial charge in [0, 0.05) is 11.6 Å². The van der Waals surface area contributed by atoms with Crippen LogP contribution in [-0.2, 0) is 16.8 Å². The Kier molecular flexibility index (Phi) is 7.69.